The summed E-state index contributed by atoms with van der Waals surface area (Å²) in [5.41, 5.74) is 1.06. The average molecular weight is 501 g/mol. The third-order valence-electron chi connectivity index (χ3n) is 5.36. The second-order valence-corrected chi connectivity index (χ2v) is 14.2. The first-order chi connectivity index (χ1) is 15.7. The number of methoxy groups -OCH3 is 2. The Kier molecular flexibility index (Phi) is 7.54. The van der Waals surface area contributed by atoms with Gasteiger partial charge in [0.2, 0.25) is 9.84 Å². The molecule has 1 aromatic heterocycles. The first kappa shape index (κ1) is 26.3. The third-order valence-corrected chi connectivity index (χ3v) is 8.34. The van der Waals surface area contributed by atoms with Gasteiger partial charge in [0.05, 0.1) is 24.0 Å². The van der Waals surface area contributed by atoms with E-state index in [0.717, 1.165) is 17.7 Å². The van der Waals surface area contributed by atoms with Crippen LogP contribution in [0.25, 0.3) is 16.2 Å². The largest absolute Gasteiger partial charge is 0.497 e. The van der Waals surface area contributed by atoms with E-state index in [-0.39, 0.29) is 5.41 Å². The van der Waals surface area contributed by atoms with Gasteiger partial charge in [0.25, 0.3) is 0 Å². The minimum atomic E-state index is -3.33. The summed E-state index contributed by atoms with van der Waals surface area (Å²) >= 11 is 1.87. The van der Waals surface area contributed by atoms with Gasteiger partial charge in [-0.1, -0.05) is 41.5 Å². The monoisotopic (exact) mass is 500 g/mol. The number of sulfone groups is 1. The maximum Gasteiger partial charge on any atom is 0.203 e. The van der Waals surface area contributed by atoms with Gasteiger partial charge >= 0.3 is 0 Å². The minimum Gasteiger partial charge on any atom is -0.497 e. The maximum atomic E-state index is 12.4. The van der Waals surface area contributed by atoms with E-state index in [1.165, 1.54) is 22.1 Å². The molecule has 4 nitrogen and oxygen atoms in total. The molecule has 3 aromatic rings. The molecule has 0 radical (unpaired) electrons. The summed E-state index contributed by atoms with van der Waals surface area (Å²) in [6.45, 7) is 12.9. The van der Waals surface area contributed by atoms with Gasteiger partial charge in [0, 0.05) is 9.58 Å². The van der Waals surface area contributed by atoms with Crippen LogP contribution in [0.3, 0.4) is 0 Å². The SMILES string of the molecule is COc1ccc2c(c1)S(=O)(=O)C(CC(C)(C)C)=C2.COc1ccc2cc(CC(C)(C)C)sc2c1. The Balaban J connectivity index is 0.000000192. The lowest BCUT2D eigenvalue weighted by Crippen LogP contribution is -2.10. The van der Waals surface area contributed by atoms with Crippen molar-refractivity contribution in [2.24, 2.45) is 10.8 Å². The molecule has 0 fully saturated rings. The van der Waals surface area contributed by atoms with Crippen LogP contribution in [0.5, 0.6) is 11.5 Å². The smallest absolute Gasteiger partial charge is 0.203 e. The number of allylic oxidation sites excluding steroid dienone is 1. The fourth-order valence-corrected chi connectivity index (χ4v) is 7.15. The summed E-state index contributed by atoms with van der Waals surface area (Å²) in [6.07, 6.45) is 3.45. The maximum absolute atomic E-state index is 12.4. The Bertz CT molecular complexity index is 1300. The molecule has 0 aliphatic carbocycles. The topological polar surface area (TPSA) is 52.6 Å². The molecule has 1 aliphatic heterocycles. The molecule has 2 aromatic carbocycles. The number of ether oxygens (including phenoxy) is 2. The number of hydrogen-bond donors (Lipinski definition) is 0. The molecule has 0 N–H and O–H groups in total. The predicted molar refractivity (Wildman–Crippen MR) is 144 cm³/mol. The van der Waals surface area contributed by atoms with Crippen molar-refractivity contribution in [1.82, 2.24) is 0 Å². The number of benzene rings is 2. The summed E-state index contributed by atoms with van der Waals surface area (Å²) < 4.78 is 36.5. The molecule has 2 heterocycles. The Hall–Kier alpha value is -2.31. The van der Waals surface area contributed by atoms with Crippen LogP contribution in [0.15, 0.2) is 52.3 Å². The molecule has 34 heavy (non-hydrogen) atoms. The number of rotatable bonds is 4. The summed E-state index contributed by atoms with van der Waals surface area (Å²) in [4.78, 5) is 2.31. The van der Waals surface area contributed by atoms with Gasteiger partial charge in [-0.15, -0.1) is 11.3 Å². The zero-order valence-electron chi connectivity index (χ0n) is 21.5. The molecule has 0 spiro atoms. The lowest BCUT2D eigenvalue weighted by molar-refractivity contribution is 0.413. The minimum absolute atomic E-state index is 0.0506. The lowest BCUT2D eigenvalue weighted by atomic mass is 9.91. The summed E-state index contributed by atoms with van der Waals surface area (Å²) in [6, 6.07) is 13.7. The quantitative estimate of drug-likeness (QED) is 0.367. The normalized spacial score (nSPS) is 14.8. The van der Waals surface area contributed by atoms with Crippen LogP contribution in [0, 0.1) is 10.8 Å². The van der Waals surface area contributed by atoms with Crippen LogP contribution in [-0.2, 0) is 16.3 Å². The summed E-state index contributed by atoms with van der Waals surface area (Å²) in [5.74, 6) is 1.51. The third kappa shape index (κ3) is 6.42. The number of fused-ring (bicyclic) bond motifs is 2. The van der Waals surface area contributed by atoms with Crippen LogP contribution >= 0.6 is 11.3 Å². The van der Waals surface area contributed by atoms with Crippen molar-refractivity contribution in [3.05, 3.63) is 57.8 Å². The van der Waals surface area contributed by atoms with Crippen molar-refractivity contribution in [3.63, 3.8) is 0 Å². The summed E-state index contributed by atoms with van der Waals surface area (Å²) in [5, 5.41) is 1.32. The Labute approximate surface area is 208 Å². The van der Waals surface area contributed by atoms with E-state index in [0.29, 0.717) is 27.4 Å². The van der Waals surface area contributed by atoms with Crippen molar-refractivity contribution in [1.29, 1.82) is 0 Å². The Morgan fingerprint density at radius 2 is 1.38 bits per heavy atom. The standard InChI is InChI=1S/C14H18O3S.C14H18OS/c1-14(2,3)9-12-7-10-5-6-11(17-4)8-13(10)18(12,15)16;1-14(2,3)9-12-7-10-5-6-11(15-4)8-13(10)16-12/h5-8H,9H2,1-4H3;5-8H,9H2,1-4H3. The van der Waals surface area contributed by atoms with E-state index in [9.17, 15) is 8.42 Å². The van der Waals surface area contributed by atoms with Crippen LogP contribution in [0.4, 0.5) is 0 Å². The Morgan fingerprint density at radius 3 is 1.97 bits per heavy atom. The molecule has 0 saturated heterocycles. The lowest BCUT2D eigenvalue weighted by Gasteiger charge is -2.18. The number of thiophene rings is 1. The predicted octanol–water partition coefficient (Wildman–Crippen LogP) is 7.76. The highest BCUT2D eigenvalue weighted by Crippen LogP contribution is 2.40. The van der Waals surface area contributed by atoms with E-state index in [2.05, 4.69) is 39.0 Å². The molecule has 4 rings (SSSR count). The van der Waals surface area contributed by atoms with E-state index in [4.69, 9.17) is 9.47 Å². The van der Waals surface area contributed by atoms with E-state index in [1.807, 2.05) is 38.2 Å². The zero-order valence-corrected chi connectivity index (χ0v) is 23.1. The van der Waals surface area contributed by atoms with Crippen molar-refractivity contribution in [3.8, 4) is 11.5 Å². The highest BCUT2D eigenvalue weighted by molar-refractivity contribution is 7.95. The molecule has 6 heteroatoms. The molecular weight excluding hydrogens is 464 g/mol. The molecule has 1 aliphatic rings. The van der Waals surface area contributed by atoms with Crippen LogP contribution in [0.2, 0.25) is 0 Å². The van der Waals surface area contributed by atoms with E-state index >= 15 is 0 Å². The van der Waals surface area contributed by atoms with Gasteiger partial charge in [-0.2, -0.15) is 0 Å². The molecule has 0 atom stereocenters. The van der Waals surface area contributed by atoms with E-state index in [1.54, 1.807) is 31.4 Å². The number of hydrogen-bond acceptors (Lipinski definition) is 5. The zero-order chi connectivity index (χ0) is 25.3. The van der Waals surface area contributed by atoms with Crippen molar-refractivity contribution < 1.29 is 17.9 Å². The molecule has 0 saturated carbocycles. The second kappa shape index (κ2) is 9.74. The van der Waals surface area contributed by atoms with Crippen LogP contribution in [-0.4, -0.2) is 22.6 Å². The average Bonchev–Trinajstić information content (AvgIpc) is 3.22. The fourth-order valence-electron chi connectivity index (χ4n) is 3.86. The summed E-state index contributed by atoms with van der Waals surface area (Å²) in [7, 11) is -0.0834. The van der Waals surface area contributed by atoms with Gasteiger partial charge in [-0.25, -0.2) is 8.42 Å². The second-order valence-electron chi connectivity index (χ2n) is 11.1. The van der Waals surface area contributed by atoms with Crippen LogP contribution < -0.4 is 9.47 Å². The highest BCUT2D eigenvalue weighted by Gasteiger charge is 2.32. The van der Waals surface area contributed by atoms with Crippen molar-refractivity contribution >= 4 is 37.3 Å². The molecular formula is C28H36O4S2. The van der Waals surface area contributed by atoms with Crippen LogP contribution in [0.1, 0.15) is 58.4 Å². The molecule has 184 valence electrons. The van der Waals surface area contributed by atoms with Gasteiger partial charge < -0.3 is 9.47 Å². The first-order valence-corrected chi connectivity index (χ1v) is 13.7. The first-order valence-electron chi connectivity index (χ1n) is 11.4. The Morgan fingerprint density at radius 1 is 0.794 bits per heavy atom. The van der Waals surface area contributed by atoms with E-state index < -0.39 is 9.84 Å². The van der Waals surface area contributed by atoms with Gasteiger partial charge in [0.1, 0.15) is 11.5 Å². The molecule has 0 bridgehead atoms. The fraction of sp³-hybridized carbons (Fsp3) is 0.429. The van der Waals surface area contributed by atoms with Crippen molar-refractivity contribution in [2.75, 3.05) is 14.2 Å². The highest BCUT2D eigenvalue weighted by atomic mass is 32.2. The van der Waals surface area contributed by atoms with Crippen molar-refractivity contribution in [2.45, 2.75) is 59.3 Å². The molecule has 0 unspecified atom stereocenters. The van der Waals surface area contributed by atoms with Gasteiger partial charge in [-0.3, -0.25) is 0 Å². The van der Waals surface area contributed by atoms with Gasteiger partial charge in [0.15, 0.2) is 0 Å². The van der Waals surface area contributed by atoms with Gasteiger partial charge in [-0.05, 0) is 83.2 Å². The molecule has 0 amide bonds.